The molecule has 0 saturated carbocycles. The number of hydrogen-bond acceptors (Lipinski definition) is 1. The topological polar surface area (TPSA) is 23.8 Å². The molecule has 1 aromatic carbocycles. The number of rotatable bonds is 0. The largest absolute Gasteiger partial charge is 0.192 e. The molecule has 1 rings (SSSR count). The second kappa shape index (κ2) is 2.98. The predicted octanol–water partition coefficient (Wildman–Crippen LogP) is 2.86. The molecule has 0 amide bonds. The second-order valence-corrected chi connectivity index (χ2v) is 3.91. The summed E-state index contributed by atoms with van der Waals surface area (Å²) in [7, 11) is 0. The summed E-state index contributed by atoms with van der Waals surface area (Å²) < 4.78 is 0. The average Bonchev–Trinajstić information content (AvgIpc) is 2.03. The summed E-state index contributed by atoms with van der Waals surface area (Å²) in [6, 6.07) is 9.95. The molecule has 0 saturated heterocycles. The molecule has 0 spiro atoms. The van der Waals surface area contributed by atoms with Gasteiger partial charge < -0.3 is 0 Å². The van der Waals surface area contributed by atoms with Crippen LogP contribution in [0.15, 0.2) is 24.3 Å². The van der Waals surface area contributed by atoms with Gasteiger partial charge in [-0.2, -0.15) is 5.26 Å². The van der Waals surface area contributed by atoms with Crippen molar-refractivity contribution in [1.29, 1.82) is 5.26 Å². The van der Waals surface area contributed by atoms with Crippen molar-refractivity contribution in [3.05, 3.63) is 35.4 Å². The molecule has 0 aromatic heterocycles. The zero-order valence-electron chi connectivity index (χ0n) is 7.76. The fraction of sp³-hybridized carbons (Fsp3) is 0.364. The Balaban J connectivity index is 3.26. The molecule has 1 heteroatoms. The Bertz CT molecular complexity index is 313. The van der Waals surface area contributed by atoms with Gasteiger partial charge in [0, 0.05) is 0 Å². The molecule has 0 radical (unpaired) electrons. The van der Waals surface area contributed by atoms with Crippen molar-refractivity contribution in [2.75, 3.05) is 0 Å². The van der Waals surface area contributed by atoms with Crippen LogP contribution in [0.3, 0.4) is 0 Å². The lowest BCUT2D eigenvalue weighted by atomic mass is 9.84. The summed E-state index contributed by atoms with van der Waals surface area (Å²) in [6.45, 7) is 6.34. The molecule has 0 heterocycles. The molecule has 0 aliphatic heterocycles. The van der Waals surface area contributed by atoms with Crippen molar-refractivity contribution in [2.45, 2.75) is 26.2 Å². The maximum Gasteiger partial charge on any atom is 0.0994 e. The number of hydrogen-bond donors (Lipinski definition) is 0. The van der Waals surface area contributed by atoms with Crippen molar-refractivity contribution in [1.82, 2.24) is 0 Å². The molecule has 12 heavy (non-hydrogen) atoms. The lowest BCUT2D eigenvalue weighted by Gasteiger charge is -2.19. The summed E-state index contributed by atoms with van der Waals surface area (Å²) in [5.41, 5.74) is 1.96. The smallest absolute Gasteiger partial charge is 0.0994 e. The first-order valence-corrected chi connectivity index (χ1v) is 4.05. The van der Waals surface area contributed by atoms with Gasteiger partial charge in [-0.3, -0.25) is 0 Å². The highest BCUT2D eigenvalue weighted by atomic mass is 14.3. The molecular formula is C11H13N. The zero-order valence-corrected chi connectivity index (χ0v) is 7.76. The quantitative estimate of drug-likeness (QED) is 0.571. The van der Waals surface area contributed by atoms with Crippen LogP contribution in [0.25, 0.3) is 0 Å². The van der Waals surface area contributed by atoms with E-state index in [0.717, 1.165) is 11.1 Å². The molecule has 1 nitrogen and oxygen atoms in total. The lowest BCUT2D eigenvalue weighted by Crippen LogP contribution is -2.12. The maximum absolute atomic E-state index is 8.83. The summed E-state index contributed by atoms with van der Waals surface area (Å²) in [6.07, 6.45) is 0. The summed E-state index contributed by atoms with van der Waals surface area (Å²) >= 11 is 0. The van der Waals surface area contributed by atoms with E-state index in [2.05, 4.69) is 26.8 Å². The predicted molar refractivity (Wildman–Crippen MR) is 49.9 cm³/mol. The highest BCUT2D eigenvalue weighted by Crippen LogP contribution is 2.24. The Hall–Kier alpha value is -1.29. The van der Waals surface area contributed by atoms with Gasteiger partial charge in [-0.1, -0.05) is 39.0 Å². The minimum absolute atomic E-state index is 0.0618. The van der Waals surface area contributed by atoms with Gasteiger partial charge in [0.25, 0.3) is 0 Å². The fourth-order valence-corrected chi connectivity index (χ4v) is 1.23. The summed E-state index contributed by atoms with van der Waals surface area (Å²) in [4.78, 5) is 0. The zero-order chi connectivity index (χ0) is 9.19. The standard InChI is InChI=1S/C11H13N/c1-11(2,3)10-7-5-4-6-9(10)8-12/h4-7H,1-3H3. The van der Waals surface area contributed by atoms with Gasteiger partial charge in [-0.25, -0.2) is 0 Å². The molecule has 0 aliphatic rings. The van der Waals surface area contributed by atoms with E-state index < -0.39 is 0 Å². The molecule has 0 aliphatic carbocycles. The van der Waals surface area contributed by atoms with Gasteiger partial charge in [0.1, 0.15) is 0 Å². The normalized spacial score (nSPS) is 10.8. The molecular weight excluding hydrogens is 146 g/mol. The minimum atomic E-state index is 0.0618. The molecule has 0 fully saturated rings. The Morgan fingerprint density at radius 3 is 2.17 bits per heavy atom. The Morgan fingerprint density at radius 2 is 1.75 bits per heavy atom. The van der Waals surface area contributed by atoms with E-state index in [0.29, 0.717) is 0 Å². The molecule has 0 N–H and O–H groups in total. The minimum Gasteiger partial charge on any atom is -0.192 e. The van der Waals surface area contributed by atoms with Crippen molar-refractivity contribution in [3.63, 3.8) is 0 Å². The molecule has 1 aromatic rings. The van der Waals surface area contributed by atoms with Crippen LogP contribution in [0, 0.1) is 11.3 Å². The molecule has 62 valence electrons. The van der Waals surface area contributed by atoms with E-state index in [1.54, 1.807) is 0 Å². The van der Waals surface area contributed by atoms with Crippen LogP contribution in [0.2, 0.25) is 0 Å². The first kappa shape index (κ1) is 8.80. The van der Waals surface area contributed by atoms with Crippen LogP contribution < -0.4 is 0 Å². The third-order valence-corrected chi connectivity index (χ3v) is 1.86. The Morgan fingerprint density at radius 1 is 1.17 bits per heavy atom. The van der Waals surface area contributed by atoms with Gasteiger partial charge in [0.2, 0.25) is 0 Å². The van der Waals surface area contributed by atoms with Crippen molar-refractivity contribution < 1.29 is 0 Å². The van der Waals surface area contributed by atoms with Crippen molar-refractivity contribution >= 4 is 0 Å². The number of nitrogens with zero attached hydrogens (tertiary/aromatic N) is 1. The van der Waals surface area contributed by atoms with E-state index in [1.807, 2.05) is 24.3 Å². The van der Waals surface area contributed by atoms with Gasteiger partial charge in [-0.05, 0) is 17.0 Å². The second-order valence-electron chi connectivity index (χ2n) is 3.91. The lowest BCUT2D eigenvalue weighted by molar-refractivity contribution is 0.588. The third kappa shape index (κ3) is 1.65. The SMILES string of the molecule is CC(C)(C)c1ccccc1C#N. The van der Waals surface area contributed by atoms with E-state index in [9.17, 15) is 0 Å². The van der Waals surface area contributed by atoms with Crippen LogP contribution in [0.4, 0.5) is 0 Å². The number of benzene rings is 1. The van der Waals surface area contributed by atoms with E-state index >= 15 is 0 Å². The first-order valence-electron chi connectivity index (χ1n) is 4.05. The van der Waals surface area contributed by atoms with Crippen LogP contribution in [-0.4, -0.2) is 0 Å². The van der Waals surface area contributed by atoms with Gasteiger partial charge in [0.05, 0.1) is 11.6 Å². The molecule has 0 bridgehead atoms. The monoisotopic (exact) mass is 159 g/mol. The van der Waals surface area contributed by atoms with Crippen LogP contribution in [0.5, 0.6) is 0 Å². The highest BCUT2D eigenvalue weighted by Gasteiger charge is 2.16. The first-order chi connectivity index (χ1) is 5.55. The number of nitriles is 1. The fourth-order valence-electron chi connectivity index (χ4n) is 1.23. The molecule has 0 atom stereocenters. The van der Waals surface area contributed by atoms with Crippen molar-refractivity contribution in [3.8, 4) is 6.07 Å². The van der Waals surface area contributed by atoms with Crippen molar-refractivity contribution in [2.24, 2.45) is 0 Å². The highest BCUT2D eigenvalue weighted by molar-refractivity contribution is 5.41. The van der Waals surface area contributed by atoms with E-state index in [4.69, 9.17) is 5.26 Å². The summed E-state index contributed by atoms with van der Waals surface area (Å²) in [5, 5.41) is 8.83. The maximum atomic E-state index is 8.83. The van der Waals surface area contributed by atoms with Crippen LogP contribution in [-0.2, 0) is 5.41 Å². The molecule has 0 unspecified atom stereocenters. The van der Waals surface area contributed by atoms with Crippen LogP contribution in [0.1, 0.15) is 31.9 Å². The van der Waals surface area contributed by atoms with Crippen LogP contribution >= 0.6 is 0 Å². The van der Waals surface area contributed by atoms with Gasteiger partial charge in [-0.15, -0.1) is 0 Å². The Kier molecular flexibility index (Phi) is 2.19. The van der Waals surface area contributed by atoms with E-state index in [-0.39, 0.29) is 5.41 Å². The Labute approximate surface area is 73.6 Å². The third-order valence-electron chi connectivity index (χ3n) is 1.86. The average molecular weight is 159 g/mol. The van der Waals surface area contributed by atoms with Gasteiger partial charge >= 0.3 is 0 Å². The summed E-state index contributed by atoms with van der Waals surface area (Å²) in [5.74, 6) is 0. The van der Waals surface area contributed by atoms with Gasteiger partial charge in [0.15, 0.2) is 0 Å². The van der Waals surface area contributed by atoms with E-state index in [1.165, 1.54) is 0 Å².